The first kappa shape index (κ1) is 17.2. The average molecular weight is 281 g/mol. The van der Waals surface area contributed by atoms with Gasteiger partial charge in [0.1, 0.15) is 0 Å². The van der Waals surface area contributed by atoms with Crippen LogP contribution in [-0.2, 0) is 9.59 Å². The molecule has 0 aromatic heterocycles. The van der Waals surface area contributed by atoms with Gasteiger partial charge in [-0.2, -0.15) is 0 Å². The zero-order chi connectivity index (χ0) is 14.6. The van der Waals surface area contributed by atoms with Gasteiger partial charge >= 0.3 is 0 Å². The highest BCUT2D eigenvalue weighted by Gasteiger charge is 2.22. The van der Waals surface area contributed by atoms with Gasteiger partial charge in [0, 0.05) is 19.4 Å². The lowest BCUT2D eigenvalue weighted by Crippen LogP contribution is -2.36. The first-order valence-electron chi connectivity index (χ1n) is 8.59. The molecule has 0 unspecified atom stereocenters. The first-order chi connectivity index (χ1) is 9.75. The van der Waals surface area contributed by atoms with E-state index in [1.54, 1.807) is 0 Å². The summed E-state index contributed by atoms with van der Waals surface area (Å²) in [5, 5.41) is 0. The number of likely N-dealkylation sites (tertiary alicyclic amines) is 1. The molecule has 0 spiro atoms. The molecule has 1 aliphatic rings. The number of rotatable bonds is 9. The van der Waals surface area contributed by atoms with Gasteiger partial charge in [0.2, 0.25) is 11.8 Å². The number of carbonyl (C=O) groups is 2. The van der Waals surface area contributed by atoms with Gasteiger partial charge in [-0.25, -0.2) is 0 Å². The third kappa shape index (κ3) is 7.06. The maximum absolute atomic E-state index is 12.0. The predicted octanol–water partition coefficient (Wildman–Crippen LogP) is 4.45. The Morgan fingerprint density at radius 2 is 1.60 bits per heavy atom. The van der Waals surface area contributed by atoms with Crippen molar-refractivity contribution >= 4 is 11.8 Å². The Labute approximate surface area is 124 Å². The minimum Gasteiger partial charge on any atom is -0.283 e. The van der Waals surface area contributed by atoms with Gasteiger partial charge in [-0.1, -0.05) is 58.3 Å². The van der Waals surface area contributed by atoms with Gasteiger partial charge in [0.05, 0.1) is 0 Å². The summed E-state index contributed by atoms with van der Waals surface area (Å²) in [5.74, 6) is 0.106. The molecule has 1 fully saturated rings. The van der Waals surface area contributed by atoms with Crippen molar-refractivity contribution in [1.29, 1.82) is 0 Å². The number of carbonyl (C=O) groups excluding carboxylic acids is 2. The average Bonchev–Trinajstić information content (AvgIpc) is 2.66. The Hall–Kier alpha value is -0.860. The van der Waals surface area contributed by atoms with Crippen molar-refractivity contribution in [2.24, 2.45) is 0 Å². The Morgan fingerprint density at radius 3 is 2.30 bits per heavy atom. The van der Waals surface area contributed by atoms with Gasteiger partial charge < -0.3 is 0 Å². The van der Waals surface area contributed by atoms with Crippen molar-refractivity contribution in [3.05, 3.63) is 0 Å². The molecule has 0 N–H and O–H groups in total. The van der Waals surface area contributed by atoms with Crippen molar-refractivity contribution < 1.29 is 9.59 Å². The number of unbranched alkanes of at least 4 members (excludes halogenated alkanes) is 7. The third-order valence-corrected chi connectivity index (χ3v) is 4.12. The van der Waals surface area contributed by atoms with Crippen LogP contribution >= 0.6 is 0 Å². The summed E-state index contributed by atoms with van der Waals surface area (Å²) in [4.78, 5) is 25.3. The SMILES string of the molecule is CCCCCCCCCCC(=O)N1CCCCCC1=O. The van der Waals surface area contributed by atoms with Crippen molar-refractivity contribution in [2.45, 2.75) is 90.4 Å². The van der Waals surface area contributed by atoms with E-state index in [1.807, 2.05) is 0 Å². The number of hydrogen-bond acceptors (Lipinski definition) is 2. The highest BCUT2D eigenvalue weighted by atomic mass is 16.2. The summed E-state index contributed by atoms with van der Waals surface area (Å²) in [7, 11) is 0. The monoisotopic (exact) mass is 281 g/mol. The quantitative estimate of drug-likeness (QED) is 0.586. The summed E-state index contributed by atoms with van der Waals surface area (Å²) in [6.45, 7) is 2.88. The highest BCUT2D eigenvalue weighted by molar-refractivity contribution is 5.95. The van der Waals surface area contributed by atoms with E-state index in [9.17, 15) is 9.59 Å². The molecule has 20 heavy (non-hydrogen) atoms. The fraction of sp³-hybridized carbons (Fsp3) is 0.882. The van der Waals surface area contributed by atoms with Crippen molar-refractivity contribution in [3.8, 4) is 0 Å². The molecule has 3 nitrogen and oxygen atoms in total. The minimum atomic E-state index is 0.0482. The molecule has 0 radical (unpaired) electrons. The van der Waals surface area contributed by atoms with Crippen LogP contribution in [0, 0.1) is 0 Å². The molecule has 1 aliphatic heterocycles. The first-order valence-corrected chi connectivity index (χ1v) is 8.59. The standard InChI is InChI=1S/C17H31NO2/c1-2-3-4-5-6-7-8-10-13-16(19)18-15-12-9-11-14-17(18)20/h2-15H2,1H3. The molecule has 0 atom stereocenters. The molecular weight excluding hydrogens is 250 g/mol. The number of amides is 2. The van der Waals surface area contributed by atoms with Gasteiger partial charge in [-0.05, 0) is 19.3 Å². The fourth-order valence-electron chi connectivity index (χ4n) is 2.79. The molecule has 1 saturated heterocycles. The maximum atomic E-state index is 12.0. The number of imide groups is 1. The van der Waals surface area contributed by atoms with Gasteiger partial charge in [0.15, 0.2) is 0 Å². The molecule has 1 heterocycles. The second kappa shape index (κ2) is 10.9. The second-order valence-corrected chi connectivity index (χ2v) is 5.97. The van der Waals surface area contributed by atoms with Crippen LogP contribution < -0.4 is 0 Å². The van der Waals surface area contributed by atoms with Crippen molar-refractivity contribution in [1.82, 2.24) is 4.90 Å². The molecule has 3 heteroatoms. The molecule has 116 valence electrons. The lowest BCUT2D eigenvalue weighted by atomic mass is 10.1. The van der Waals surface area contributed by atoms with Crippen LogP contribution in [0.2, 0.25) is 0 Å². The van der Waals surface area contributed by atoms with Crippen LogP contribution in [0.15, 0.2) is 0 Å². The topological polar surface area (TPSA) is 37.4 Å². The van der Waals surface area contributed by atoms with E-state index >= 15 is 0 Å². The van der Waals surface area contributed by atoms with E-state index in [-0.39, 0.29) is 11.8 Å². The van der Waals surface area contributed by atoms with Crippen LogP contribution in [-0.4, -0.2) is 23.3 Å². The third-order valence-electron chi connectivity index (χ3n) is 4.12. The van der Waals surface area contributed by atoms with E-state index in [0.29, 0.717) is 19.4 Å². The largest absolute Gasteiger partial charge is 0.283 e. The maximum Gasteiger partial charge on any atom is 0.229 e. The highest BCUT2D eigenvalue weighted by Crippen LogP contribution is 2.14. The molecular formula is C17H31NO2. The van der Waals surface area contributed by atoms with Crippen molar-refractivity contribution in [3.63, 3.8) is 0 Å². The molecule has 0 aromatic rings. The molecule has 0 aromatic carbocycles. The lowest BCUT2D eigenvalue weighted by molar-refractivity contribution is -0.144. The second-order valence-electron chi connectivity index (χ2n) is 5.97. The summed E-state index contributed by atoms with van der Waals surface area (Å²) in [6, 6.07) is 0. The summed E-state index contributed by atoms with van der Waals surface area (Å²) in [6.07, 6.45) is 14.0. The fourth-order valence-corrected chi connectivity index (χ4v) is 2.79. The van der Waals surface area contributed by atoms with Gasteiger partial charge in [0.25, 0.3) is 0 Å². The number of nitrogens with zero attached hydrogens (tertiary/aromatic N) is 1. The van der Waals surface area contributed by atoms with E-state index < -0.39 is 0 Å². The zero-order valence-corrected chi connectivity index (χ0v) is 13.2. The van der Waals surface area contributed by atoms with Gasteiger partial charge in [-0.3, -0.25) is 14.5 Å². The van der Waals surface area contributed by atoms with Crippen LogP contribution in [0.1, 0.15) is 90.4 Å². The van der Waals surface area contributed by atoms with E-state index in [4.69, 9.17) is 0 Å². The predicted molar refractivity (Wildman–Crippen MR) is 82.4 cm³/mol. The molecule has 0 bridgehead atoms. The minimum absolute atomic E-state index is 0.0482. The summed E-state index contributed by atoms with van der Waals surface area (Å²) in [5.41, 5.74) is 0. The van der Waals surface area contributed by atoms with E-state index in [2.05, 4.69) is 6.92 Å². The number of hydrogen-bond donors (Lipinski definition) is 0. The summed E-state index contributed by atoms with van der Waals surface area (Å²) < 4.78 is 0. The van der Waals surface area contributed by atoms with Crippen LogP contribution in [0.4, 0.5) is 0 Å². The summed E-state index contributed by atoms with van der Waals surface area (Å²) >= 11 is 0. The lowest BCUT2D eigenvalue weighted by Gasteiger charge is -2.18. The normalized spacial score (nSPS) is 16.2. The Balaban J connectivity index is 2.05. The van der Waals surface area contributed by atoms with Crippen LogP contribution in [0.5, 0.6) is 0 Å². The smallest absolute Gasteiger partial charge is 0.229 e. The van der Waals surface area contributed by atoms with Crippen molar-refractivity contribution in [2.75, 3.05) is 6.54 Å². The molecule has 1 rings (SSSR count). The zero-order valence-electron chi connectivity index (χ0n) is 13.2. The Bertz CT molecular complexity index is 289. The van der Waals surface area contributed by atoms with Crippen LogP contribution in [0.25, 0.3) is 0 Å². The van der Waals surface area contributed by atoms with E-state index in [1.165, 1.54) is 43.4 Å². The molecule has 0 aliphatic carbocycles. The van der Waals surface area contributed by atoms with Crippen LogP contribution in [0.3, 0.4) is 0 Å². The van der Waals surface area contributed by atoms with E-state index in [0.717, 1.165) is 32.1 Å². The Kier molecular flexibility index (Phi) is 9.35. The van der Waals surface area contributed by atoms with Gasteiger partial charge in [-0.15, -0.1) is 0 Å². The molecule has 2 amide bonds. The molecule has 0 saturated carbocycles. The Morgan fingerprint density at radius 1 is 0.950 bits per heavy atom.